The highest BCUT2D eigenvalue weighted by molar-refractivity contribution is 7.98. The average molecular weight is 275 g/mol. The van der Waals surface area contributed by atoms with Crippen LogP contribution in [-0.4, -0.2) is 5.91 Å². The van der Waals surface area contributed by atoms with Crippen LogP contribution in [0.15, 0.2) is 53.4 Å². The molecule has 0 heterocycles. The summed E-state index contributed by atoms with van der Waals surface area (Å²) < 4.78 is 13.0. The minimum Gasteiger partial charge on any atom is -0.326 e. The van der Waals surface area contributed by atoms with Crippen molar-refractivity contribution in [3.05, 3.63) is 59.9 Å². The number of halogens is 1. The van der Waals surface area contributed by atoms with Gasteiger partial charge in [-0.3, -0.25) is 4.79 Å². The number of amides is 1. The lowest BCUT2D eigenvalue weighted by molar-refractivity contribution is -0.114. The molecule has 0 aliphatic carbocycles. The Morgan fingerprint density at radius 1 is 1.21 bits per heavy atom. The van der Waals surface area contributed by atoms with Crippen LogP contribution in [0.5, 0.6) is 0 Å². The molecule has 0 atom stereocenters. The number of thioether (sulfide) groups is 1. The summed E-state index contributed by atoms with van der Waals surface area (Å²) in [7, 11) is 0. The van der Waals surface area contributed by atoms with Gasteiger partial charge in [0.25, 0.3) is 0 Å². The van der Waals surface area contributed by atoms with Gasteiger partial charge in [-0.25, -0.2) is 4.39 Å². The Kier molecular flexibility index (Phi) is 4.58. The highest BCUT2D eigenvalue weighted by Crippen LogP contribution is 2.24. The SMILES string of the molecule is CC(=O)Nc1ccc(SCc2cccc(F)c2)cc1. The van der Waals surface area contributed by atoms with Gasteiger partial charge in [-0.05, 0) is 42.0 Å². The molecule has 0 fully saturated rings. The lowest BCUT2D eigenvalue weighted by atomic mass is 10.2. The smallest absolute Gasteiger partial charge is 0.221 e. The molecule has 1 N–H and O–H groups in total. The summed E-state index contributed by atoms with van der Waals surface area (Å²) in [5.74, 6) is 0.427. The van der Waals surface area contributed by atoms with Gasteiger partial charge in [0.15, 0.2) is 0 Å². The Bertz CT molecular complexity index is 569. The Morgan fingerprint density at radius 2 is 1.95 bits per heavy atom. The van der Waals surface area contributed by atoms with E-state index in [-0.39, 0.29) is 11.7 Å². The van der Waals surface area contributed by atoms with Crippen molar-refractivity contribution in [2.24, 2.45) is 0 Å². The molecule has 0 aliphatic rings. The van der Waals surface area contributed by atoms with E-state index in [1.165, 1.54) is 13.0 Å². The fourth-order valence-corrected chi connectivity index (χ4v) is 2.47. The molecular weight excluding hydrogens is 261 g/mol. The fourth-order valence-electron chi connectivity index (χ4n) is 1.63. The van der Waals surface area contributed by atoms with Gasteiger partial charge in [-0.15, -0.1) is 11.8 Å². The van der Waals surface area contributed by atoms with Crippen LogP contribution in [0.25, 0.3) is 0 Å². The molecule has 2 aromatic carbocycles. The zero-order valence-electron chi connectivity index (χ0n) is 10.5. The monoisotopic (exact) mass is 275 g/mol. The number of carbonyl (C=O) groups is 1. The molecule has 0 bridgehead atoms. The van der Waals surface area contributed by atoms with Crippen LogP contribution in [0, 0.1) is 5.82 Å². The lowest BCUT2D eigenvalue weighted by Crippen LogP contribution is -2.05. The van der Waals surface area contributed by atoms with Crippen molar-refractivity contribution in [2.75, 3.05) is 5.32 Å². The maximum absolute atomic E-state index is 13.0. The largest absolute Gasteiger partial charge is 0.326 e. The first-order valence-electron chi connectivity index (χ1n) is 5.88. The van der Waals surface area contributed by atoms with Crippen molar-refractivity contribution < 1.29 is 9.18 Å². The maximum Gasteiger partial charge on any atom is 0.221 e. The van der Waals surface area contributed by atoms with E-state index in [1.54, 1.807) is 23.9 Å². The first-order chi connectivity index (χ1) is 9.13. The molecule has 4 heteroatoms. The van der Waals surface area contributed by atoms with Gasteiger partial charge in [-0.1, -0.05) is 12.1 Å². The molecule has 0 spiro atoms. The normalized spacial score (nSPS) is 10.2. The summed E-state index contributed by atoms with van der Waals surface area (Å²) in [6.45, 7) is 1.48. The molecule has 2 rings (SSSR count). The van der Waals surface area contributed by atoms with Crippen LogP contribution in [0.2, 0.25) is 0 Å². The first-order valence-corrected chi connectivity index (χ1v) is 6.87. The molecule has 0 radical (unpaired) electrons. The Morgan fingerprint density at radius 3 is 2.58 bits per heavy atom. The molecule has 0 unspecified atom stereocenters. The number of carbonyl (C=O) groups excluding carboxylic acids is 1. The molecule has 1 amide bonds. The third kappa shape index (κ3) is 4.41. The second-order valence-electron chi connectivity index (χ2n) is 4.12. The number of nitrogens with one attached hydrogen (secondary N) is 1. The molecule has 0 saturated carbocycles. The third-order valence-corrected chi connectivity index (χ3v) is 3.55. The molecule has 19 heavy (non-hydrogen) atoms. The van der Waals surface area contributed by atoms with Crippen molar-refractivity contribution in [3.8, 4) is 0 Å². The number of anilines is 1. The fraction of sp³-hybridized carbons (Fsp3) is 0.133. The van der Waals surface area contributed by atoms with E-state index in [2.05, 4.69) is 5.32 Å². The third-order valence-electron chi connectivity index (χ3n) is 2.47. The van der Waals surface area contributed by atoms with Crippen molar-refractivity contribution in [3.63, 3.8) is 0 Å². The van der Waals surface area contributed by atoms with Gasteiger partial charge in [0.2, 0.25) is 5.91 Å². The van der Waals surface area contributed by atoms with E-state index in [9.17, 15) is 9.18 Å². The van der Waals surface area contributed by atoms with Crippen molar-refractivity contribution in [1.82, 2.24) is 0 Å². The van der Waals surface area contributed by atoms with Crippen LogP contribution in [0.4, 0.5) is 10.1 Å². The maximum atomic E-state index is 13.0. The van der Waals surface area contributed by atoms with E-state index < -0.39 is 0 Å². The first kappa shape index (κ1) is 13.6. The predicted octanol–water partition coefficient (Wildman–Crippen LogP) is 4.08. The van der Waals surface area contributed by atoms with Crippen LogP contribution in [-0.2, 0) is 10.5 Å². The lowest BCUT2D eigenvalue weighted by Gasteiger charge is -2.05. The van der Waals surface area contributed by atoms with E-state index in [0.717, 1.165) is 21.9 Å². The second-order valence-corrected chi connectivity index (χ2v) is 5.17. The molecule has 2 nitrogen and oxygen atoms in total. The summed E-state index contributed by atoms with van der Waals surface area (Å²) in [5, 5.41) is 2.72. The zero-order valence-corrected chi connectivity index (χ0v) is 11.3. The van der Waals surface area contributed by atoms with Crippen molar-refractivity contribution in [2.45, 2.75) is 17.6 Å². The van der Waals surface area contributed by atoms with Crippen LogP contribution >= 0.6 is 11.8 Å². The molecular formula is C15H14FNOS. The summed E-state index contributed by atoms with van der Waals surface area (Å²) in [6.07, 6.45) is 0. The average Bonchev–Trinajstić information content (AvgIpc) is 2.37. The van der Waals surface area contributed by atoms with Crippen molar-refractivity contribution >= 4 is 23.4 Å². The summed E-state index contributed by atoms with van der Waals surface area (Å²) >= 11 is 1.63. The van der Waals surface area contributed by atoms with Crippen LogP contribution in [0.1, 0.15) is 12.5 Å². The highest BCUT2D eigenvalue weighted by Gasteiger charge is 1.99. The van der Waals surface area contributed by atoms with Gasteiger partial charge >= 0.3 is 0 Å². The number of hydrogen-bond acceptors (Lipinski definition) is 2. The molecule has 2 aromatic rings. The van der Waals surface area contributed by atoms with Crippen LogP contribution in [0.3, 0.4) is 0 Å². The Balaban J connectivity index is 1.94. The quantitative estimate of drug-likeness (QED) is 0.852. The molecule has 0 saturated heterocycles. The minimum atomic E-state index is -0.209. The van der Waals surface area contributed by atoms with Crippen molar-refractivity contribution in [1.29, 1.82) is 0 Å². The van der Waals surface area contributed by atoms with Gasteiger partial charge in [0.1, 0.15) is 5.82 Å². The van der Waals surface area contributed by atoms with E-state index in [0.29, 0.717) is 0 Å². The van der Waals surface area contributed by atoms with E-state index in [4.69, 9.17) is 0 Å². The minimum absolute atomic E-state index is 0.0832. The van der Waals surface area contributed by atoms with Gasteiger partial charge in [-0.2, -0.15) is 0 Å². The molecule has 0 aliphatic heterocycles. The topological polar surface area (TPSA) is 29.1 Å². The number of rotatable bonds is 4. The Labute approximate surface area is 116 Å². The highest BCUT2D eigenvalue weighted by atomic mass is 32.2. The molecule has 0 aromatic heterocycles. The summed E-state index contributed by atoms with van der Waals surface area (Å²) in [4.78, 5) is 12.0. The molecule has 98 valence electrons. The number of hydrogen-bond donors (Lipinski definition) is 1. The second kappa shape index (κ2) is 6.38. The summed E-state index contributed by atoms with van der Waals surface area (Å²) in [6, 6.07) is 14.2. The van der Waals surface area contributed by atoms with Gasteiger partial charge in [0, 0.05) is 23.3 Å². The number of benzene rings is 2. The zero-order chi connectivity index (χ0) is 13.7. The van der Waals surface area contributed by atoms with Gasteiger partial charge in [0.05, 0.1) is 0 Å². The summed E-state index contributed by atoms with van der Waals surface area (Å²) in [5.41, 5.74) is 1.73. The van der Waals surface area contributed by atoms with E-state index in [1.807, 2.05) is 30.3 Å². The van der Waals surface area contributed by atoms with E-state index >= 15 is 0 Å². The van der Waals surface area contributed by atoms with Gasteiger partial charge < -0.3 is 5.32 Å². The Hall–Kier alpha value is -1.81. The standard InChI is InChI=1S/C15H14FNOS/c1-11(18)17-14-5-7-15(8-6-14)19-10-12-3-2-4-13(16)9-12/h2-9H,10H2,1H3,(H,17,18). The van der Waals surface area contributed by atoms with Crippen LogP contribution < -0.4 is 5.32 Å². The predicted molar refractivity (Wildman–Crippen MR) is 76.7 cm³/mol.